The van der Waals surface area contributed by atoms with Crippen LogP contribution in [0.1, 0.15) is 25.8 Å². The Bertz CT molecular complexity index is 519. The average Bonchev–Trinajstić information content (AvgIpc) is 2.36. The highest BCUT2D eigenvalue weighted by atomic mass is 79.9. The highest BCUT2D eigenvalue weighted by Crippen LogP contribution is 2.32. The lowest BCUT2D eigenvalue weighted by Crippen LogP contribution is -2.04. The Labute approximate surface area is 121 Å². The van der Waals surface area contributed by atoms with Crippen LogP contribution in [0.5, 0.6) is 0 Å². The van der Waals surface area contributed by atoms with Gasteiger partial charge in [0.1, 0.15) is 5.82 Å². The van der Waals surface area contributed by atoms with Crippen LogP contribution in [0.3, 0.4) is 0 Å². The molecule has 1 N–H and O–H groups in total. The van der Waals surface area contributed by atoms with Gasteiger partial charge < -0.3 is 5.32 Å². The van der Waals surface area contributed by atoms with Crippen LogP contribution in [0.15, 0.2) is 22.7 Å². The van der Waals surface area contributed by atoms with Crippen LogP contribution >= 0.6 is 27.5 Å². The van der Waals surface area contributed by atoms with Gasteiger partial charge in [0.25, 0.3) is 0 Å². The van der Waals surface area contributed by atoms with Crippen molar-refractivity contribution in [2.75, 3.05) is 11.9 Å². The number of anilines is 1. The number of hydrogen-bond donors (Lipinski definition) is 1. The molecule has 1 aromatic heterocycles. The topological polar surface area (TPSA) is 24.9 Å². The number of hydrogen-bond acceptors (Lipinski definition) is 2. The summed E-state index contributed by atoms with van der Waals surface area (Å²) in [5.41, 5.74) is 2.09. The van der Waals surface area contributed by atoms with Crippen molar-refractivity contribution in [3.63, 3.8) is 0 Å². The smallest absolute Gasteiger partial charge is 0.129 e. The molecule has 0 saturated carbocycles. The molecule has 0 unspecified atom stereocenters. The van der Waals surface area contributed by atoms with Gasteiger partial charge in [0.2, 0.25) is 0 Å². The summed E-state index contributed by atoms with van der Waals surface area (Å²) in [6.45, 7) is 5.11. The summed E-state index contributed by atoms with van der Waals surface area (Å²) in [4.78, 5) is 4.67. The summed E-state index contributed by atoms with van der Waals surface area (Å²) in [5, 5.41) is 5.08. The van der Waals surface area contributed by atoms with Crippen LogP contribution in [-0.2, 0) is 6.42 Å². The number of fused-ring (bicyclic) bond motifs is 1. The molecule has 4 heteroatoms. The molecule has 0 amide bonds. The van der Waals surface area contributed by atoms with Gasteiger partial charge in [-0.1, -0.05) is 40.9 Å². The van der Waals surface area contributed by atoms with Gasteiger partial charge in [-0.15, -0.1) is 0 Å². The molecule has 0 radical (unpaired) electrons. The molecule has 1 heterocycles. The van der Waals surface area contributed by atoms with Gasteiger partial charge in [0.05, 0.1) is 10.5 Å². The zero-order valence-electron chi connectivity index (χ0n) is 10.6. The molecular weight excluding hydrogens is 312 g/mol. The van der Waals surface area contributed by atoms with Crippen molar-refractivity contribution in [1.82, 2.24) is 4.98 Å². The maximum Gasteiger partial charge on any atom is 0.129 e. The minimum atomic E-state index is 0.690. The molecule has 0 fully saturated rings. The van der Waals surface area contributed by atoms with Gasteiger partial charge in [0, 0.05) is 16.4 Å². The Kier molecular flexibility index (Phi) is 4.46. The largest absolute Gasteiger partial charge is 0.370 e. The van der Waals surface area contributed by atoms with Gasteiger partial charge in [-0.25, -0.2) is 4.98 Å². The Balaban J connectivity index is 2.67. The van der Waals surface area contributed by atoms with Crippen molar-refractivity contribution in [2.24, 2.45) is 0 Å². The Morgan fingerprint density at radius 3 is 2.78 bits per heavy atom. The van der Waals surface area contributed by atoms with E-state index >= 15 is 0 Å². The summed E-state index contributed by atoms with van der Waals surface area (Å²) in [6.07, 6.45) is 2.12. The Morgan fingerprint density at radius 1 is 1.33 bits per heavy atom. The van der Waals surface area contributed by atoms with E-state index in [9.17, 15) is 0 Å². The number of nitrogens with zero attached hydrogens (tertiary/aromatic N) is 1. The lowest BCUT2D eigenvalue weighted by Gasteiger charge is -2.12. The van der Waals surface area contributed by atoms with Crippen LogP contribution in [0.2, 0.25) is 5.02 Å². The predicted octanol–water partition coefficient (Wildman–Crippen LogP) is 5.04. The Morgan fingerprint density at radius 2 is 2.11 bits per heavy atom. The number of aryl methyl sites for hydroxylation is 1. The first-order valence-electron chi connectivity index (χ1n) is 6.18. The lowest BCUT2D eigenvalue weighted by molar-refractivity contribution is 0.916. The molecule has 2 nitrogen and oxygen atoms in total. The summed E-state index contributed by atoms with van der Waals surface area (Å²) in [5.74, 6) is 0.951. The molecule has 0 aliphatic carbocycles. The molecule has 0 spiro atoms. The molecule has 0 atom stereocenters. The number of pyridine rings is 1. The first kappa shape index (κ1) is 13.6. The number of nitrogens with one attached hydrogen (secondary N) is 1. The number of halogens is 2. The van der Waals surface area contributed by atoms with E-state index in [1.54, 1.807) is 0 Å². The van der Waals surface area contributed by atoms with Crippen molar-refractivity contribution in [2.45, 2.75) is 26.7 Å². The first-order chi connectivity index (χ1) is 8.67. The average molecular weight is 328 g/mol. The molecule has 18 heavy (non-hydrogen) atoms. The zero-order valence-corrected chi connectivity index (χ0v) is 12.9. The first-order valence-corrected chi connectivity index (χ1v) is 7.36. The fourth-order valence-electron chi connectivity index (χ4n) is 2.01. The van der Waals surface area contributed by atoms with E-state index in [0.29, 0.717) is 5.02 Å². The standard InChI is InChI=1S/C14H16BrClN2/c1-3-5-9-8-10-11(15)6-7-12(16)13(10)18-14(9)17-4-2/h6-8H,3-5H2,1-2H3,(H,17,18). The number of rotatable bonds is 4. The minimum Gasteiger partial charge on any atom is -0.370 e. The van der Waals surface area contributed by atoms with Crippen molar-refractivity contribution >= 4 is 44.3 Å². The van der Waals surface area contributed by atoms with Crippen LogP contribution in [0.4, 0.5) is 5.82 Å². The maximum atomic E-state index is 6.22. The Hall–Kier alpha value is -0.800. The van der Waals surface area contributed by atoms with Crippen molar-refractivity contribution in [1.29, 1.82) is 0 Å². The number of benzene rings is 1. The van der Waals surface area contributed by atoms with Gasteiger partial charge >= 0.3 is 0 Å². The van der Waals surface area contributed by atoms with Gasteiger partial charge in [0.15, 0.2) is 0 Å². The van der Waals surface area contributed by atoms with Crippen LogP contribution in [0, 0.1) is 0 Å². The third-order valence-corrected chi connectivity index (χ3v) is 3.82. The summed E-state index contributed by atoms with van der Waals surface area (Å²) in [7, 11) is 0. The monoisotopic (exact) mass is 326 g/mol. The van der Waals surface area contributed by atoms with E-state index < -0.39 is 0 Å². The maximum absolute atomic E-state index is 6.22. The molecule has 0 aliphatic rings. The molecule has 0 bridgehead atoms. The van der Waals surface area contributed by atoms with E-state index in [0.717, 1.165) is 40.6 Å². The second-order valence-corrected chi connectivity index (χ2v) is 5.46. The van der Waals surface area contributed by atoms with Crippen molar-refractivity contribution in [3.05, 3.63) is 33.3 Å². The molecule has 96 valence electrons. The molecule has 0 aliphatic heterocycles. The summed E-state index contributed by atoms with van der Waals surface area (Å²) in [6, 6.07) is 6.02. The van der Waals surface area contributed by atoms with E-state index in [2.05, 4.69) is 46.1 Å². The SMILES string of the molecule is CCCc1cc2c(Br)ccc(Cl)c2nc1NCC. The van der Waals surface area contributed by atoms with E-state index in [4.69, 9.17) is 11.6 Å². The summed E-state index contributed by atoms with van der Waals surface area (Å²) >= 11 is 9.78. The molecule has 1 aromatic carbocycles. The van der Waals surface area contributed by atoms with Gasteiger partial charge in [-0.05, 0) is 37.1 Å². The van der Waals surface area contributed by atoms with Crippen LogP contribution in [-0.4, -0.2) is 11.5 Å². The normalized spacial score (nSPS) is 10.9. The van der Waals surface area contributed by atoms with Crippen molar-refractivity contribution in [3.8, 4) is 0 Å². The highest BCUT2D eigenvalue weighted by Gasteiger charge is 2.10. The quantitative estimate of drug-likeness (QED) is 0.851. The number of aromatic nitrogens is 1. The third-order valence-electron chi connectivity index (χ3n) is 2.82. The molecule has 2 aromatic rings. The molecule has 0 saturated heterocycles. The molecular formula is C14H16BrClN2. The second kappa shape index (κ2) is 5.89. The second-order valence-electron chi connectivity index (χ2n) is 4.20. The van der Waals surface area contributed by atoms with E-state index in [1.165, 1.54) is 5.56 Å². The van der Waals surface area contributed by atoms with Crippen LogP contribution < -0.4 is 5.32 Å². The fourth-order valence-corrected chi connectivity index (χ4v) is 2.66. The van der Waals surface area contributed by atoms with E-state index in [1.807, 2.05) is 12.1 Å². The zero-order chi connectivity index (χ0) is 13.1. The molecule has 2 rings (SSSR count). The predicted molar refractivity (Wildman–Crippen MR) is 82.6 cm³/mol. The van der Waals surface area contributed by atoms with Crippen LogP contribution in [0.25, 0.3) is 10.9 Å². The highest BCUT2D eigenvalue weighted by molar-refractivity contribution is 9.10. The summed E-state index contributed by atoms with van der Waals surface area (Å²) < 4.78 is 1.04. The van der Waals surface area contributed by atoms with Gasteiger partial charge in [-0.2, -0.15) is 0 Å². The van der Waals surface area contributed by atoms with E-state index in [-0.39, 0.29) is 0 Å². The van der Waals surface area contributed by atoms with Crippen molar-refractivity contribution < 1.29 is 0 Å². The minimum absolute atomic E-state index is 0.690. The van der Waals surface area contributed by atoms with Gasteiger partial charge in [-0.3, -0.25) is 0 Å². The fraction of sp³-hybridized carbons (Fsp3) is 0.357. The lowest BCUT2D eigenvalue weighted by atomic mass is 10.1. The third kappa shape index (κ3) is 2.62.